The van der Waals surface area contributed by atoms with Gasteiger partial charge in [-0.15, -0.1) is 0 Å². The van der Waals surface area contributed by atoms with E-state index in [1.165, 1.54) is 0 Å². The lowest BCUT2D eigenvalue weighted by molar-refractivity contribution is -0.121. The number of carbonyl (C=O) groups excluding carboxylic acids is 1. The smallest absolute Gasteiger partial charge is 0.239 e. The number of amides is 1. The van der Waals surface area contributed by atoms with E-state index in [0.717, 1.165) is 11.5 Å². The molecule has 3 heterocycles. The van der Waals surface area contributed by atoms with Gasteiger partial charge in [0.25, 0.3) is 0 Å². The molecule has 22 heavy (non-hydrogen) atoms. The van der Waals surface area contributed by atoms with Crippen LogP contribution in [0.1, 0.15) is 0 Å². The number of hydrogen-bond acceptors (Lipinski definition) is 3. The van der Waals surface area contributed by atoms with Crippen LogP contribution in [0.5, 0.6) is 0 Å². The van der Waals surface area contributed by atoms with Gasteiger partial charge in [-0.1, -0.05) is 6.07 Å². The maximum absolute atomic E-state index is 11.8. The topological polar surface area (TPSA) is 64.7 Å². The molecule has 0 bridgehead atoms. The molecule has 0 atom stereocenters. The molecule has 0 aromatic carbocycles. The summed E-state index contributed by atoms with van der Waals surface area (Å²) in [5, 5.41) is 2.91. The summed E-state index contributed by atoms with van der Waals surface area (Å²) in [6.45, 7) is 1.55. The summed E-state index contributed by atoms with van der Waals surface area (Å²) in [6.07, 6.45) is 9.12. The Morgan fingerprint density at radius 1 is 1.05 bits per heavy atom. The van der Waals surface area contributed by atoms with Gasteiger partial charge in [0.15, 0.2) is 5.82 Å². The highest BCUT2D eigenvalue weighted by Crippen LogP contribution is 2.13. The lowest BCUT2D eigenvalue weighted by atomic mass is 10.3. The summed E-state index contributed by atoms with van der Waals surface area (Å²) in [4.78, 5) is 20.5. The predicted octanol–water partition coefficient (Wildman–Crippen LogP) is 1.56. The first-order valence-electron chi connectivity index (χ1n) is 7.13. The van der Waals surface area contributed by atoms with Gasteiger partial charge in [-0.05, 0) is 24.3 Å². The van der Waals surface area contributed by atoms with Gasteiger partial charge in [-0.3, -0.25) is 9.78 Å². The fourth-order valence-corrected chi connectivity index (χ4v) is 2.23. The summed E-state index contributed by atoms with van der Waals surface area (Å²) >= 11 is 0. The SMILES string of the molecule is O=C(Cn1cccc1)NCCn1ccnc1-c1ccccn1. The Morgan fingerprint density at radius 2 is 1.91 bits per heavy atom. The molecule has 112 valence electrons. The number of rotatable bonds is 6. The molecule has 3 aromatic rings. The summed E-state index contributed by atoms with van der Waals surface area (Å²) in [5.41, 5.74) is 0.825. The zero-order valence-electron chi connectivity index (χ0n) is 12.1. The van der Waals surface area contributed by atoms with Crippen LogP contribution in [0.25, 0.3) is 11.5 Å². The van der Waals surface area contributed by atoms with E-state index in [4.69, 9.17) is 0 Å². The molecular formula is C16H17N5O. The quantitative estimate of drug-likeness (QED) is 0.750. The number of nitrogens with zero attached hydrogens (tertiary/aromatic N) is 4. The van der Waals surface area contributed by atoms with Crippen LogP contribution in [0.3, 0.4) is 0 Å². The van der Waals surface area contributed by atoms with Crippen molar-refractivity contribution < 1.29 is 4.79 Å². The van der Waals surface area contributed by atoms with Gasteiger partial charge < -0.3 is 14.5 Å². The van der Waals surface area contributed by atoms with Gasteiger partial charge in [-0.2, -0.15) is 0 Å². The third-order valence-electron chi connectivity index (χ3n) is 3.28. The van der Waals surface area contributed by atoms with Gasteiger partial charge in [-0.25, -0.2) is 4.98 Å². The van der Waals surface area contributed by atoms with E-state index < -0.39 is 0 Å². The van der Waals surface area contributed by atoms with E-state index in [9.17, 15) is 4.79 Å². The number of pyridine rings is 1. The highest BCUT2D eigenvalue weighted by atomic mass is 16.1. The zero-order chi connectivity index (χ0) is 15.2. The van der Waals surface area contributed by atoms with Crippen molar-refractivity contribution in [1.29, 1.82) is 0 Å². The van der Waals surface area contributed by atoms with E-state index in [1.807, 2.05) is 58.1 Å². The number of hydrogen-bond donors (Lipinski definition) is 1. The second kappa shape index (κ2) is 6.71. The van der Waals surface area contributed by atoms with Crippen LogP contribution in [0.4, 0.5) is 0 Å². The fraction of sp³-hybridized carbons (Fsp3) is 0.188. The third kappa shape index (κ3) is 3.41. The molecule has 0 saturated carbocycles. The van der Waals surface area contributed by atoms with Gasteiger partial charge in [0.05, 0.1) is 0 Å². The first-order valence-corrected chi connectivity index (χ1v) is 7.13. The van der Waals surface area contributed by atoms with Crippen molar-refractivity contribution in [3.8, 4) is 11.5 Å². The highest BCUT2D eigenvalue weighted by Gasteiger charge is 2.07. The van der Waals surface area contributed by atoms with Crippen LogP contribution in [0.15, 0.2) is 61.3 Å². The number of imidazole rings is 1. The average Bonchev–Trinajstić information content (AvgIpc) is 3.20. The molecule has 1 amide bonds. The lowest BCUT2D eigenvalue weighted by Gasteiger charge is -2.09. The van der Waals surface area contributed by atoms with Crippen LogP contribution in [-0.2, 0) is 17.9 Å². The van der Waals surface area contributed by atoms with Crippen LogP contribution < -0.4 is 5.32 Å². The molecule has 0 radical (unpaired) electrons. The maximum atomic E-state index is 11.8. The summed E-state index contributed by atoms with van der Waals surface area (Å²) in [5.74, 6) is 0.802. The third-order valence-corrected chi connectivity index (χ3v) is 3.28. The van der Waals surface area contributed by atoms with Crippen molar-refractivity contribution in [2.75, 3.05) is 6.54 Å². The molecule has 0 fully saturated rings. The Morgan fingerprint density at radius 3 is 2.68 bits per heavy atom. The van der Waals surface area contributed by atoms with Crippen molar-refractivity contribution in [2.45, 2.75) is 13.1 Å². The van der Waals surface area contributed by atoms with Crippen molar-refractivity contribution in [1.82, 2.24) is 24.4 Å². The van der Waals surface area contributed by atoms with Crippen LogP contribution in [-0.4, -0.2) is 31.6 Å². The van der Waals surface area contributed by atoms with Crippen LogP contribution >= 0.6 is 0 Å². The van der Waals surface area contributed by atoms with Gasteiger partial charge in [0, 0.05) is 44.1 Å². The monoisotopic (exact) mass is 295 g/mol. The molecule has 0 spiro atoms. The minimum atomic E-state index is -0.00398. The molecule has 1 N–H and O–H groups in total. The Balaban J connectivity index is 1.54. The molecule has 3 rings (SSSR count). The van der Waals surface area contributed by atoms with E-state index in [2.05, 4.69) is 15.3 Å². The second-order valence-corrected chi connectivity index (χ2v) is 4.86. The summed E-state index contributed by atoms with van der Waals surface area (Å²) in [7, 11) is 0. The van der Waals surface area contributed by atoms with Crippen LogP contribution in [0.2, 0.25) is 0 Å². The normalized spacial score (nSPS) is 10.5. The Hall–Kier alpha value is -2.89. The molecule has 0 aliphatic heterocycles. The minimum absolute atomic E-state index is 0.00398. The van der Waals surface area contributed by atoms with Crippen molar-refractivity contribution in [3.05, 3.63) is 61.3 Å². The van der Waals surface area contributed by atoms with Crippen molar-refractivity contribution >= 4 is 5.91 Å². The summed E-state index contributed by atoms with van der Waals surface area (Å²) in [6, 6.07) is 9.53. The highest BCUT2D eigenvalue weighted by molar-refractivity contribution is 5.75. The summed E-state index contributed by atoms with van der Waals surface area (Å²) < 4.78 is 3.82. The van der Waals surface area contributed by atoms with E-state index in [1.54, 1.807) is 12.4 Å². The van der Waals surface area contributed by atoms with E-state index in [-0.39, 0.29) is 5.91 Å². The minimum Gasteiger partial charge on any atom is -0.353 e. The van der Waals surface area contributed by atoms with E-state index >= 15 is 0 Å². The fourth-order valence-electron chi connectivity index (χ4n) is 2.23. The predicted molar refractivity (Wildman–Crippen MR) is 82.9 cm³/mol. The zero-order valence-corrected chi connectivity index (χ0v) is 12.1. The van der Waals surface area contributed by atoms with Gasteiger partial charge in [0.2, 0.25) is 5.91 Å². The Labute approximate surface area is 128 Å². The molecular weight excluding hydrogens is 278 g/mol. The van der Waals surface area contributed by atoms with E-state index in [0.29, 0.717) is 19.6 Å². The van der Waals surface area contributed by atoms with Crippen molar-refractivity contribution in [3.63, 3.8) is 0 Å². The standard InChI is InChI=1S/C16H17N5O/c22-15(13-20-9-3-4-10-20)18-7-11-21-12-8-19-16(21)14-5-1-2-6-17-14/h1-6,8-10,12H,7,11,13H2,(H,18,22). The molecule has 0 aliphatic rings. The van der Waals surface area contributed by atoms with Crippen LogP contribution in [0, 0.1) is 0 Å². The number of carbonyl (C=O) groups is 1. The number of nitrogens with one attached hydrogen (secondary N) is 1. The first-order chi connectivity index (χ1) is 10.8. The maximum Gasteiger partial charge on any atom is 0.239 e. The largest absolute Gasteiger partial charge is 0.353 e. The second-order valence-electron chi connectivity index (χ2n) is 4.86. The molecule has 0 aliphatic carbocycles. The van der Waals surface area contributed by atoms with Crippen molar-refractivity contribution in [2.24, 2.45) is 0 Å². The lowest BCUT2D eigenvalue weighted by Crippen LogP contribution is -2.30. The average molecular weight is 295 g/mol. The molecule has 0 unspecified atom stereocenters. The molecule has 0 saturated heterocycles. The van der Waals surface area contributed by atoms with Gasteiger partial charge >= 0.3 is 0 Å². The first kappa shape index (κ1) is 14.1. The molecule has 3 aromatic heterocycles. The number of aromatic nitrogens is 4. The Kier molecular flexibility index (Phi) is 4.29. The molecule has 6 nitrogen and oxygen atoms in total. The molecule has 6 heteroatoms. The van der Waals surface area contributed by atoms with Gasteiger partial charge in [0.1, 0.15) is 12.2 Å². The Bertz CT molecular complexity index is 718.